The summed E-state index contributed by atoms with van der Waals surface area (Å²) in [7, 11) is 0. The van der Waals surface area contributed by atoms with Crippen LogP contribution in [0.3, 0.4) is 0 Å². The number of rotatable bonds is 4. The van der Waals surface area contributed by atoms with E-state index in [0.29, 0.717) is 0 Å². The van der Waals surface area contributed by atoms with Gasteiger partial charge in [0.15, 0.2) is 0 Å². The zero-order chi connectivity index (χ0) is 17.4. The molecule has 0 radical (unpaired) electrons. The van der Waals surface area contributed by atoms with Gasteiger partial charge in [-0.05, 0) is 52.7 Å². The van der Waals surface area contributed by atoms with Crippen molar-refractivity contribution in [2.24, 2.45) is 11.8 Å². The molecule has 5 nitrogen and oxygen atoms in total. The normalized spacial score (nSPS) is 27.6. The maximum Gasteiger partial charge on any atom is 0.314 e. The summed E-state index contributed by atoms with van der Waals surface area (Å²) >= 11 is 0. The second-order valence-corrected chi connectivity index (χ2v) is 7.09. The molecule has 2 unspecified atom stereocenters. The molecular formula is C18H27NO4. The summed E-state index contributed by atoms with van der Waals surface area (Å²) in [6, 6.07) is 0. The highest BCUT2D eigenvalue weighted by Gasteiger charge is 2.49. The first kappa shape index (κ1) is 17.7. The molecule has 0 saturated carbocycles. The molecule has 2 atom stereocenters. The highest BCUT2D eigenvalue weighted by atomic mass is 16.5. The molecule has 2 aliphatic rings. The van der Waals surface area contributed by atoms with Crippen LogP contribution in [0.1, 0.15) is 41.5 Å². The largest absolute Gasteiger partial charge is 0.466 e. The van der Waals surface area contributed by atoms with Crippen LogP contribution in [0.2, 0.25) is 0 Å². The molecular weight excluding hydrogens is 294 g/mol. The predicted octanol–water partition coefficient (Wildman–Crippen LogP) is 2.37. The number of ether oxygens (including phenoxy) is 2. The number of esters is 2. The molecule has 1 aliphatic carbocycles. The molecule has 0 amide bonds. The van der Waals surface area contributed by atoms with E-state index < -0.39 is 11.8 Å². The van der Waals surface area contributed by atoms with E-state index in [1.165, 1.54) is 0 Å². The van der Waals surface area contributed by atoms with Gasteiger partial charge in [-0.1, -0.05) is 12.2 Å². The molecule has 0 spiro atoms. The lowest BCUT2D eigenvalue weighted by Crippen LogP contribution is -2.43. The molecule has 5 heteroatoms. The molecule has 1 heterocycles. The fourth-order valence-electron chi connectivity index (χ4n) is 3.66. The van der Waals surface area contributed by atoms with E-state index in [0.717, 1.165) is 11.1 Å². The van der Waals surface area contributed by atoms with Crippen molar-refractivity contribution in [2.75, 3.05) is 13.2 Å². The molecule has 1 fully saturated rings. The smallest absolute Gasteiger partial charge is 0.314 e. The van der Waals surface area contributed by atoms with Gasteiger partial charge in [0, 0.05) is 11.1 Å². The van der Waals surface area contributed by atoms with Crippen molar-refractivity contribution in [3.05, 3.63) is 23.3 Å². The van der Waals surface area contributed by atoms with Gasteiger partial charge in [0.25, 0.3) is 0 Å². The van der Waals surface area contributed by atoms with E-state index in [9.17, 15) is 9.59 Å². The van der Waals surface area contributed by atoms with E-state index in [1.54, 1.807) is 13.8 Å². The highest BCUT2D eigenvalue weighted by molar-refractivity contribution is 5.87. The van der Waals surface area contributed by atoms with Gasteiger partial charge in [0.05, 0.1) is 25.0 Å². The maximum atomic E-state index is 12.4. The third-order valence-electron chi connectivity index (χ3n) is 4.46. The zero-order valence-corrected chi connectivity index (χ0v) is 14.9. The quantitative estimate of drug-likeness (QED) is 0.805. The number of hydrogen-bond donors (Lipinski definition) is 1. The summed E-state index contributed by atoms with van der Waals surface area (Å²) in [5.74, 6) is -2.03. The molecule has 0 aromatic carbocycles. The van der Waals surface area contributed by atoms with E-state index >= 15 is 0 Å². The van der Waals surface area contributed by atoms with Gasteiger partial charge in [-0.15, -0.1) is 0 Å². The Hall–Kier alpha value is -1.62. The van der Waals surface area contributed by atoms with Crippen LogP contribution in [-0.4, -0.2) is 36.2 Å². The van der Waals surface area contributed by atoms with Crippen LogP contribution in [0.25, 0.3) is 0 Å². The molecule has 0 aromatic rings. The number of nitrogens with one attached hydrogen (secondary N) is 1. The van der Waals surface area contributed by atoms with Gasteiger partial charge >= 0.3 is 11.9 Å². The fourth-order valence-corrected chi connectivity index (χ4v) is 3.66. The summed E-state index contributed by atoms with van der Waals surface area (Å²) in [4.78, 5) is 24.7. The Balaban J connectivity index is 2.47. The third-order valence-corrected chi connectivity index (χ3v) is 4.46. The van der Waals surface area contributed by atoms with Gasteiger partial charge < -0.3 is 9.47 Å². The lowest BCUT2D eigenvalue weighted by molar-refractivity contribution is -0.156. The molecule has 1 N–H and O–H groups in total. The van der Waals surface area contributed by atoms with E-state index in [2.05, 4.69) is 33.0 Å². The van der Waals surface area contributed by atoms with Gasteiger partial charge in [0.1, 0.15) is 0 Å². The minimum atomic E-state index is -0.636. The second kappa shape index (κ2) is 6.11. The lowest BCUT2D eigenvalue weighted by Gasteiger charge is -2.29. The van der Waals surface area contributed by atoms with Crippen molar-refractivity contribution in [3.63, 3.8) is 0 Å². The molecule has 1 aliphatic heterocycles. The Labute approximate surface area is 138 Å². The summed E-state index contributed by atoms with van der Waals surface area (Å²) in [6.07, 6.45) is 3.77. The molecule has 0 bridgehead atoms. The van der Waals surface area contributed by atoms with E-state index in [-0.39, 0.29) is 36.2 Å². The Kier molecular flexibility index (Phi) is 4.71. The van der Waals surface area contributed by atoms with Crippen molar-refractivity contribution < 1.29 is 19.1 Å². The van der Waals surface area contributed by atoms with E-state index in [4.69, 9.17) is 9.47 Å². The number of hydrogen-bond acceptors (Lipinski definition) is 5. The first-order valence-electron chi connectivity index (χ1n) is 8.21. The Bertz CT molecular complexity index is 522. The van der Waals surface area contributed by atoms with Crippen molar-refractivity contribution in [2.45, 2.75) is 52.6 Å². The van der Waals surface area contributed by atoms with Gasteiger partial charge in [-0.3, -0.25) is 14.9 Å². The SMILES string of the molecule is CCOC(=O)C1C=C2C(=CC1C(=O)OCC)C(C)(C)NC2(C)C. The standard InChI is InChI=1S/C18H27NO4/c1-7-22-15(20)11-9-13-14(10-12(11)16(21)23-8-2)18(5,6)19-17(13,3)4/h9-12,19H,7-8H2,1-6H3. The predicted molar refractivity (Wildman–Crippen MR) is 87.7 cm³/mol. The van der Waals surface area contributed by atoms with Crippen LogP contribution in [0, 0.1) is 11.8 Å². The summed E-state index contributed by atoms with van der Waals surface area (Å²) < 4.78 is 10.3. The minimum Gasteiger partial charge on any atom is -0.466 e. The molecule has 2 rings (SSSR count). The third kappa shape index (κ3) is 3.20. The zero-order valence-electron chi connectivity index (χ0n) is 14.9. The maximum absolute atomic E-state index is 12.4. The average Bonchev–Trinajstić information content (AvgIpc) is 2.63. The first-order valence-corrected chi connectivity index (χ1v) is 8.21. The molecule has 1 saturated heterocycles. The lowest BCUT2D eigenvalue weighted by atomic mass is 9.75. The van der Waals surface area contributed by atoms with Crippen LogP contribution in [0.15, 0.2) is 23.3 Å². The van der Waals surface area contributed by atoms with Crippen molar-refractivity contribution in [1.29, 1.82) is 0 Å². The summed E-state index contributed by atoms with van der Waals surface area (Å²) in [5.41, 5.74) is 1.58. The van der Waals surface area contributed by atoms with Crippen LogP contribution in [0.4, 0.5) is 0 Å². The Morgan fingerprint density at radius 2 is 1.26 bits per heavy atom. The minimum absolute atomic E-state index is 0.264. The first-order chi connectivity index (χ1) is 10.6. The van der Waals surface area contributed by atoms with Crippen LogP contribution in [0.5, 0.6) is 0 Å². The van der Waals surface area contributed by atoms with Crippen molar-refractivity contribution in [3.8, 4) is 0 Å². The summed E-state index contributed by atoms with van der Waals surface area (Å²) in [5, 5.41) is 3.55. The number of carbonyl (C=O) groups excluding carboxylic acids is 2. The van der Waals surface area contributed by atoms with E-state index in [1.807, 2.05) is 12.2 Å². The Morgan fingerprint density at radius 1 is 0.913 bits per heavy atom. The number of fused-ring (bicyclic) bond motifs is 1. The van der Waals surface area contributed by atoms with Crippen molar-refractivity contribution >= 4 is 11.9 Å². The molecule has 128 valence electrons. The summed E-state index contributed by atoms with van der Waals surface area (Å²) in [6.45, 7) is 12.4. The number of carbonyl (C=O) groups is 2. The topological polar surface area (TPSA) is 64.6 Å². The molecule has 23 heavy (non-hydrogen) atoms. The highest BCUT2D eigenvalue weighted by Crippen LogP contribution is 2.45. The monoisotopic (exact) mass is 321 g/mol. The Morgan fingerprint density at radius 3 is 1.57 bits per heavy atom. The van der Waals surface area contributed by atoms with Gasteiger partial charge in [0.2, 0.25) is 0 Å². The molecule has 0 aromatic heterocycles. The fraction of sp³-hybridized carbons (Fsp3) is 0.667. The second-order valence-electron chi connectivity index (χ2n) is 7.09. The van der Waals surface area contributed by atoms with Gasteiger partial charge in [-0.2, -0.15) is 0 Å². The van der Waals surface area contributed by atoms with Gasteiger partial charge in [-0.25, -0.2) is 0 Å². The van der Waals surface area contributed by atoms with Crippen LogP contribution >= 0.6 is 0 Å². The van der Waals surface area contributed by atoms with Crippen molar-refractivity contribution in [1.82, 2.24) is 5.32 Å². The van der Waals surface area contributed by atoms with Crippen LogP contribution in [-0.2, 0) is 19.1 Å². The van der Waals surface area contributed by atoms with Crippen LogP contribution < -0.4 is 5.32 Å². The average molecular weight is 321 g/mol.